The summed E-state index contributed by atoms with van der Waals surface area (Å²) in [5.41, 5.74) is 2.44. The molecule has 2 aromatic heterocycles. The number of nitrogens with zero attached hydrogens (tertiary/aromatic N) is 2. The molecule has 4 rings (SSSR count). The molecule has 2 aromatic carbocycles. The molecule has 2 heterocycles. The van der Waals surface area contributed by atoms with Crippen LogP contribution in [0.25, 0.3) is 27.2 Å². The monoisotopic (exact) mass is 354 g/mol. The van der Waals surface area contributed by atoms with Gasteiger partial charge in [-0.2, -0.15) is 5.10 Å². The van der Waals surface area contributed by atoms with Gasteiger partial charge in [-0.3, -0.25) is 0 Å². The molecule has 0 aliphatic rings. The number of hydrogen-bond acceptors (Lipinski definition) is 3. The fourth-order valence-corrected chi connectivity index (χ4v) is 4.07. The molecule has 0 radical (unpaired) electrons. The minimum absolute atomic E-state index is 0.130. The summed E-state index contributed by atoms with van der Waals surface area (Å²) in [6.45, 7) is 0. The fourth-order valence-electron chi connectivity index (χ4n) is 2.63. The second-order valence-electron chi connectivity index (χ2n) is 5.19. The van der Waals surface area contributed by atoms with Crippen LogP contribution in [-0.2, 0) is 0 Å². The van der Waals surface area contributed by atoms with Gasteiger partial charge in [0.05, 0.1) is 16.1 Å². The van der Waals surface area contributed by atoms with Crippen molar-refractivity contribution >= 4 is 39.1 Å². The van der Waals surface area contributed by atoms with Gasteiger partial charge in [0.2, 0.25) is 0 Å². The third-order valence-corrected chi connectivity index (χ3v) is 5.35. The van der Waals surface area contributed by atoms with Crippen LogP contribution >= 0.6 is 22.9 Å². The van der Waals surface area contributed by atoms with Crippen LogP contribution in [0, 0.1) is 0 Å². The Hall–Kier alpha value is -2.63. The standard InChI is InChI=1S/C18H11ClN2O2S/c19-14-13-15(11-7-3-1-4-8-11)20-21(12-9-5-2-6-10-12)17(13)24-16(14)18(22)23/h1-10H,(H,22,23). The van der Waals surface area contributed by atoms with E-state index in [1.165, 1.54) is 0 Å². The Morgan fingerprint density at radius 3 is 2.29 bits per heavy atom. The number of para-hydroxylation sites is 1. The predicted octanol–water partition coefficient (Wildman–Crippen LogP) is 5.11. The Kier molecular flexibility index (Phi) is 3.59. The van der Waals surface area contributed by atoms with Crippen molar-refractivity contribution in [3.8, 4) is 16.9 Å². The van der Waals surface area contributed by atoms with Crippen molar-refractivity contribution in [2.24, 2.45) is 0 Å². The van der Waals surface area contributed by atoms with Crippen LogP contribution in [0.2, 0.25) is 5.02 Å². The molecule has 1 N–H and O–H groups in total. The number of aromatic carboxylic acids is 1. The molecule has 0 unspecified atom stereocenters. The van der Waals surface area contributed by atoms with Gasteiger partial charge in [0.25, 0.3) is 0 Å². The topological polar surface area (TPSA) is 55.1 Å². The van der Waals surface area contributed by atoms with Gasteiger partial charge in [0.1, 0.15) is 15.4 Å². The zero-order valence-electron chi connectivity index (χ0n) is 12.3. The van der Waals surface area contributed by atoms with Gasteiger partial charge < -0.3 is 5.11 Å². The zero-order chi connectivity index (χ0) is 16.7. The first-order chi connectivity index (χ1) is 11.7. The molecule has 6 heteroatoms. The van der Waals surface area contributed by atoms with Gasteiger partial charge in [0.15, 0.2) is 0 Å². The minimum atomic E-state index is -1.03. The van der Waals surface area contributed by atoms with Crippen LogP contribution in [0.5, 0.6) is 0 Å². The predicted molar refractivity (Wildman–Crippen MR) is 96.4 cm³/mol. The largest absolute Gasteiger partial charge is 0.477 e. The zero-order valence-corrected chi connectivity index (χ0v) is 13.9. The summed E-state index contributed by atoms with van der Waals surface area (Å²) in [5.74, 6) is -1.03. The Morgan fingerprint density at radius 2 is 1.67 bits per heavy atom. The second kappa shape index (κ2) is 5.78. The van der Waals surface area contributed by atoms with Crippen molar-refractivity contribution < 1.29 is 9.90 Å². The van der Waals surface area contributed by atoms with Crippen molar-refractivity contribution in [1.29, 1.82) is 0 Å². The maximum Gasteiger partial charge on any atom is 0.347 e. The molecule has 0 atom stereocenters. The lowest BCUT2D eigenvalue weighted by molar-refractivity contribution is 0.0702. The Bertz CT molecular complexity index is 1040. The number of thiophene rings is 1. The summed E-state index contributed by atoms with van der Waals surface area (Å²) in [4.78, 5) is 12.3. The molecule has 0 aliphatic carbocycles. The van der Waals surface area contributed by atoms with E-state index >= 15 is 0 Å². The maximum absolute atomic E-state index is 11.5. The molecule has 0 spiro atoms. The quantitative estimate of drug-likeness (QED) is 0.556. The number of carbonyl (C=O) groups is 1. The van der Waals surface area contributed by atoms with Crippen molar-refractivity contribution in [3.63, 3.8) is 0 Å². The van der Waals surface area contributed by atoms with Crippen molar-refractivity contribution in [1.82, 2.24) is 9.78 Å². The van der Waals surface area contributed by atoms with E-state index in [4.69, 9.17) is 16.7 Å². The first-order valence-corrected chi connectivity index (χ1v) is 8.41. The lowest BCUT2D eigenvalue weighted by atomic mass is 10.1. The number of fused-ring (bicyclic) bond motifs is 1. The number of aromatic nitrogens is 2. The molecule has 0 saturated heterocycles. The van der Waals surface area contributed by atoms with Crippen LogP contribution < -0.4 is 0 Å². The molecule has 4 aromatic rings. The van der Waals surface area contributed by atoms with Crippen LogP contribution in [0.1, 0.15) is 9.67 Å². The van der Waals surface area contributed by atoms with E-state index in [1.54, 1.807) is 4.68 Å². The van der Waals surface area contributed by atoms with E-state index in [1.807, 2.05) is 60.7 Å². The normalized spacial score (nSPS) is 11.0. The summed E-state index contributed by atoms with van der Waals surface area (Å²) in [6.07, 6.45) is 0. The fraction of sp³-hybridized carbons (Fsp3) is 0. The van der Waals surface area contributed by atoms with Gasteiger partial charge >= 0.3 is 5.97 Å². The second-order valence-corrected chi connectivity index (χ2v) is 6.57. The van der Waals surface area contributed by atoms with Crippen LogP contribution in [0.15, 0.2) is 60.7 Å². The summed E-state index contributed by atoms with van der Waals surface area (Å²) in [5, 5.41) is 15.0. The molecule has 0 fully saturated rings. The van der Waals surface area contributed by atoms with E-state index in [0.29, 0.717) is 11.1 Å². The third kappa shape index (κ3) is 2.29. The average Bonchev–Trinajstić information content (AvgIpc) is 3.15. The molecule has 0 bridgehead atoms. The number of halogens is 1. The van der Waals surface area contributed by atoms with Gasteiger partial charge in [-0.1, -0.05) is 60.1 Å². The number of carboxylic acids is 1. The minimum Gasteiger partial charge on any atom is -0.477 e. The highest BCUT2D eigenvalue weighted by Crippen LogP contribution is 2.42. The SMILES string of the molecule is O=C(O)c1sc2c(c(-c3ccccc3)nn2-c2ccccc2)c1Cl. The van der Waals surface area contributed by atoms with Gasteiger partial charge in [-0.25, -0.2) is 9.48 Å². The molecular weight excluding hydrogens is 344 g/mol. The summed E-state index contributed by atoms with van der Waals surface area (Å²) >= 11 is 7.52. The van der Waals surface area contributed by atoms with Gasteiger partial charge in [-0.05, 0) is 12.1 Å². The van der Waals surface area contributed by atoms with E-state index in [-0.39, 0.29) is 9.90 Å². The Balaban J connectivity index is 2.08. The number of rotatable bonds is 3. The van der Waals surface area contributed by atoms with E-state index in [9.17, 15) is 9.90 Å². The van der Waals surface area contributed by atoms with Gasteiger partial charge in [0, 0.05) is 5.56 Å². The first-order valence-electron chi connectivity index (χ1n) is 7.22. The lowest BCUT2D eigenvalue weighted by Gasteiger charge is -2.01. The number of carboxylic acid groups (broad SMARTS) is 1. The summed E-state index contributed by atoms with van der Waals surface area (Å²) < 4.78 is 1.75. The van der Waals surface area contributed by atoms with Crippen LogP contribution in [0.4, 0.5) is 0 Å². The third-order valence-electron chi connectivity index (χ3n) is 3.70. The lowest BCUT2D eigenvalue weighted by Crippen LogP contribution is -1.96. The van der Waals surface area contributed by atoms with E-state index in [0.717, 1.165) is 27.4 Å². The number of hydrogen-bond donors (Lipinski definition) is 1. The van der Waals surface area contributed by atoms with Gasteiger partial charge in [-0.15, -0.1) is 11.3 Å². The summed E-state index contributed by atoms with van der Waals surface area (Å²) in [6, 6.07) is 19.2. The molecule has 118 valence electrons. The molecule has 0 aliphatic heterocycles. The molecule has 24 heavy (non-hydrogen) atoms. The highest BCUT2D eigenvalue weighted by molar-refractivity contribution is 7.21. The maximum atomic E-state index is 11.5. The summed E-state index contributed by atoms with van der Waals surface area (Å²) in [7, 11) is 0. The average molecular weight is 355 g/mol. The molecule has 4 nitrogen and oxygen atoms in total. The molecule has 0 saturated carbocycles. The first kappa shape index (κ1) is 14.9. The van der Waals surface area contributed by atoms with E-state index < -0.39 is 5.97 Å². The molecule has 0 amide bonds. The highest BCUT2D eigenvalue weighted by Gasteiger charge is 2.24. The smallest absolute Gasteiger partial charge is 0.347 e. The Labute approximate surface area is 146 Å². The number of benzene rings is 2. The van der Waals surface area contributed by atoms with Crippen molar-refractivity contribution in [2.75, 3.05) is 0 Å². The van der Waals surface area contributed by atoms with Crippen LogP contribution in [0.3, 0.4) is 0 Å². The van der Waals surface area contributed by atoms with Crippen molar-refractivity contribution in [3.05, 3.63) is 70.6 Å². The van der Waals surface area contributed by atoms with Crippen molar-refractivity contribution in [2.45, 2.75) is 0 Å². The van der Waals surface area contributed by atoms with E-state index in [2.05, 4.69) is 0 Å². The highest BCUT2D eigenvalue weighted by atomic mass is 35.5. The Morgan fingerprint density at radius 1 is 1.04 bits per heavy atom. The molecular formula is C18H11ClN2O2S. The van der Waals surface area contributed by atoms with Crippen LogP contribution in [-0.4, -0.2) is 20.9 Å².